The minimum atomic E-state index is -3.74. The van der Waals surface area contributed by atoms with Gasteiger partial charge in [0.15, 0.2) is 0 Å². The third-order valence-electron chi connectivity index (χ3n) is 4.01. The van der Waals surface area contributed by atoms with Gasteiger partial charge in [-0.1, -0.05) is 0 Å². The maximum Gasteiger partial charge on any atom is 0.267 e. The van der Waals surface area contributed by atoms with Gasteiger partial charge in [0.25, 0.3) is 5.56 Å². The summed E-state index contributed by atoms with van der Waals surface area (Å²) in [5.41, 5.74) is 1.69. The van der Waals surface area contributed by atoms with Gasteiger partial charge in [0.1, 0.15) is 5.82 Å². The van der Waals surface area contributed by atoms with Crippen LogP contribution in [0.25, 0.3) is 0 Å². The largest absolute Gasteiger partial charge is 0.268 e. The van der Waals surface area contributed by atoms with E-state index in [2.05, 4.69) is 9.82 Å². The number of hydrogen-bond acceptors (Lipinski definition) is 4. The Morgan fingerprint density at radius 3 is 2.62 bits per heavy atom. The summed E-state index contributed by atoms with van der Waals surface area (Å²) in [6.45, 7) is 0.179. The Kier molecular flexibility index (Phi) is 4.77. The van der Waals surface area contributed by atoms with Crippen LogP contribution in [0.5, 0.6) is 0 Å². The normalized spacial score (nSPS) is 14.4. The molecule has 1 aromatic heterocycles. The van der Waals surface area contributed by atoms with E-state index >= 15 is 0 Å². The van der Waals surface area contributed by atoms with Crippen molar-refractivity contribution < 1.29 is 12.8 Å². The summed E-state index contributed by atoms with van der Waals surface area (Å²) >= 11 is 0. The van der Waals surface area contributed by atoms with E-state index in [1.54, 1.807) is 6.07 Å². The van der Waals surface area contributed by atoms with Crippen molar-refractivity contribution in [3.63, 3.8) is 0 Å². The van der Waals surface area contributed by atoms with Gasteiger partial charge in [-0.2, -0.15) is 5.10 Å². The third kappa shape index (κ3) is 3.70. The zero-order chi connectivity index (χ0) is 17.2. The second kappa shape index (κ2) is 6.82. The quantitative estimate of drug-likeness (QED) is 0.879. The molecule has 0 fully saturated rings. The highest BCUT2D eigenvalue weighted by atomic mass is 32.2. The fourth-order valence-electron chi connectivity index (χ4n) is 2.74. The molecule has 6 nitrogen and oxygen atoms in total. The molecule has 0 amide bonds. The van der Waals surface area contributed by atoms with Crippen LogP contribution in [-0.4, -0.2) is 24.7 Å². The molecule has 3 rings (SSSR count). The van der Waals surface area contributed by atoms with Crippen molar-refractivity contribution in [2.75, 3.05) is 6.54 Å². The van der Waals surface area contributed by atoms with Gasteiger partial charge in [0.05, 0.1) is 17.1 Å². The molecule has 0 radical (unpaired) electrons. The first-order chi connectivity index (χ1) is 11.5. The van der Waals surface area contributed by atoms with Crippen LogP contribution in [0, 0.1) is 5.82 Å². The van der Waals surface area contributed by atoms with Gasteiger partial charge in [-0.25, -0.2) is 22.2 Å². The fraction of sp³-hybridized carbons (Fsp3) is 0.375. The van der Waals surface area contributed by atoms with Crippen LogP contribution in [0.3, 0.4) is 0 Å². The van der Waals surface area contributed by atoms with Crippen molar-refractivity contribution in [1.82, 2.24) is 14.5 Å². The molecule has 1 N–H and O–H groups in total. The first kappa shape index (κ1) is 16.8. The number of halogens is 1. The van der Waals surface area contributed by atoms with E-state index in [4.69, 9.17) is 0 Å². The van der Waals surface area contributed by atoms with Crippen LogP contribution in [0.4, 0.5) is 4.39 Å². The summed E-state index contributed by atoms with van der Waals surface area (Å²) in [6.07, 6.45) is 3.83. The zero-order valence-corrected chi connectivity index (χ0v) is 13.9. The summed E-state index contributed by atoms with van der Waals surface area (Å²) in [4.78, 5) is 12.0. The summed E-state index contributed by atoms with van der Waals surface area (Å²) in [5.74, 6) is -0.501. The first-order valence-electron chi connectivity index (χ1n) is 7.81. The number of aromatic nitrogens is 2. The number of sulfonamides is 1. The molecule has 24 heavy (non-hydrogen) atoms. The minimum absolute atomic E-state index is 0.0188. The standard InChI is InChI=1S/C16H18FN3O3S/c17-13-5-7-14(8-6-13)24(22,23)18-9-10-20-16(21)11-12-3-1-2-4-15(12)19-20/h5-8,11,18H,1-4,9-10H2. The maximum atomic E-state index is 12.9. The number of benzene rings is 1. The molecule has 1 aliphatic carbocycles. The average molecular weight is 351 g/mol. The van der Waals surface area contributed by atoms with Crippen molar-refractivity contribution in [3.05, 3.63) is 57.8 Å². The Bertz CT molecular complexity index is 892. The number of rotatable bonds is 5. The number of nitrogens with zero attached hydrogens (tertiary/aromatic N) is 2. The Hall–Kier alpha value is -2.06. The van der Waals surface area contributed by atoms with Crippen molar-refractivity contribution in [1.29, 1.82) is 0 Å². The minimum Gasteiger partial charge on any atom is -0.268 e. The molecule has 128 valence electrons. The molecule has 0 aliphatic heterocycles. The molecule has 0 unspecified atom stereocenters. The molecule has 0 atom stereocenters. The van der Waals surface area contributed by atoms with Gasteiger partial charge < -0.3 is 0 Å². The van der Waals surface area contributed by atoms with E-state index < -0.39 is 15.8 Å². The van der Waals surface area contributed by atoms with Gasteiger partial charge in [-0.05, 0) is 55.5 Å². The van der Waals surface area contributed by atoms with E-state index in [0.29, 0.717) is 0 Å². The molecular formula is C16H18FN3O3S. The van der Waals surface area contributed by atoms with Gasteiger partial charge in [0, 0.05) is 12.6 Å². The van der Waals surface area contributed by atoms with Gasteiger partial charge in [-0.3, -0.25) is 4.79 Å². The highest BCUT2D eigenvalue weighted by Crippen LogP contribution is 2.16. The number of nitrogens with one attached hydrogen (secondary N) is 1. The molecular weight excluding hydrogens is 333 g/mol. The molecule has 0 bridgehead atoms. The SMILES string of the molecule is O=c1cc2c(nn1CCNS(=O)(=O)c1ccc(F)cc1)CCCC2. The second-order valence-electron chi connectivity index (χ2n) is 5.74. The molecule has 0 spiro atoms. The Morgan fingerprint density at radius 2 is 1.88 bits per heavy atom. The van der Waals surface area contributed by atoms with E-state index in [1.165, 1.54) is 16.8 Å². The van der Waals surface area contributed by atoms with E-state index in [0.717, 1.165) is 49.1 Å². The van der Waals surface area contributed by atoms with Crippen molar-refractivity contribution >= 4 is 10.0 Å². The number of aryl methyl sites for hydroxylation is 2. The molecule has 1 aliphatic rings. The zero-order valence-electron chi connectivity index (χ0n) is 13.0. The topological polar surface area (TPSA) is 81.1 Å². The van der Waals surface area contributed by atoms with Crippen molar-refractivity contribution in [3.8, 4) is 0 Å². The predicted molar refractivity (Wildman–Crippen MR) is 86.7 cm³/mol. The Morgan fingerprint density at radius 1 is 1.17 bits per heavy atom. The highest BCUT2D eigenvalue weighted by Gasteiger charge is 2.15. The summed E-state index contributed by atoms with van der Waals surface area (Å²) in [7, 11) is -3.74. The monoisotopic (exact) mass is 351 g/mol. The van der Waals surface area contributed by atoms with Gasteiger partial charge in [-0.15, -0.1) is 0 Å². The lowest BCUT2D eigenvalue weighted by molar-refractivity contribution is 0.526. The van der Waals surface area contributed by atoms with Crippen molar-refractivity contribution in [2.24, 2.45) is 0 Å². The number of fused-ring (bicyclic) bond motifs is 1. The van der Waals surface area contributed by atoms with Crippen LogP contribution in [-0.2, 0) is 29.4 Å². The van der Waals surface area contributed by atoms with Crippen LogP contribution in [0.1, 0.15) is 24.1 Å². The van der Waals surface area contributed by atoms with Crippen LogP contribution >= 0.6 is 0 Å². The molecule has 8 heteroatoms. The van der Waals surface area contributed by atoms with Crippen LogP contribution in [0.15, 0.2) is 40.0 Å². The van der Waals surface area contributed by atoms with E-state index in [-0.39, 0.29) is 23.5 Å². The summed E-state index contributed by atoms with van der Waals surface area (Å²) in [5, 5.41) is 4.34. The molecule has 1 heterocycles. The molecule has 0 saturated carbocycles. The molecule has 2 aromatic rings. The van der Waals surface area contributed by atoms with E-state index in [1.807, 2.05) is 0 Å². The Labute approximate surface area is 139 Å². The predicted octanol–water partition coefficient (Wildman–Crippen LogP) is 1.24. The van der Waals surface area contributed by atoms with Gasteiger partial charge in [0.2, 0.25) is 10.0 Å². The van der Waals surface area contributed by atoms with E-state index in [9.17, 15) is 17.6 Å². The van der Waals surface area contributed by atoms with Crippen LogP contribution < -0.4 is 10.3 Å². The second-order valence-corrected chi connectivity index (χ2v) is 7.50. The third-order valence-corrected chi connectivity index (χ3v) is 5.49. The molecule has 0 saturated heterocycles. The lowest BCUT2D eigenvalue weighted by Gasteiger charge is -2.16. The number of hydrogen-bond donors (Lipinski definition) is 1. The van der Waals surface area contributed by atoms with Gasteiger partial charge >= 0.3 is 0 Å². The lowest BCUT2D eigenvalue weighted by Crippen LogP contribution is -2.33. The lowest BCUT2D eigenvalue weighted by atomic mass is 9.97. The Balaban J connectivity index is 1.68. The first-order valence-corrected chi connectivity index (χ1v) is 9.29. The van der Waals surface area contributed by atoms with Crippen molar-refractivity contribution in [2.45, 2.75) is 37.1 Å². The summed E-state index contributed by atoms with van der Waals surface area (Å²) < 4.78 is 40.8. The smallest absolute Gasteiger partial charge is 0.267 e. The summed E-state index contributed by atoms with van der Waals surface area (Å²) in [6, 6.07) is 6.16. The molecule has 1 aromatic carbocycles. The average Bonchev–Trinajstić information content (AvgIpc) is 2.55. The van der Waals surface area contributed by atoms with Crippen LogP contribution in [0.2, 0.25) is 0 Å². The highest BCUT2D eigenvalue weighted by molar-refractivity contribution is 7.89. The maximum absolute atomic E-state index is 12.9. The fourth-order valence-corrected chi connectivity index (χ4v) is 3.77.